The first-order chi connectivity index (χ1) is 7.38. The smallest absolute Gasteiger partial charge is 0.273 e. The normalized spacial score (nSPS) is 19.7. The van der Waals surface area contributed by atoms with Gasteiger partial charge in [0.2, 0.25) is 28.8 Å². The lowest BCUT2D eigenvalue weighted by molar-refractivity contribution is 1.27. The maximum Gasteiger partial charge on any atom is 0.273 e. The van der Waals surface area contributed by atoms with Crippen molar-refractivity contribution in [2.75, 3.05) is 4.23 Å². The Morgan fingerprint density at radius 2 is 1.93 bits per heavy atom. The van der Waals surface area contributed by atoms with Gasteiger partial charge in [-0.1, -0.05) is 18.2 Å². The molecule has 3 N–H and O–H groups in total. The molecule has 0 amide bonds. The van der Waals surface area contributed by atoms with Gasteiger partial charge >= 0.3 is 0 Å². The van der Waals surface area contributed by atoms with Gasteiger partial charge in [0.1, 0.15) is 0 Å². The fourth-order valence-corrected chi connectivity index (χ4v) is 7.45. The van der Waals surface area contributed by atoms with Crippen LogP contribution in [0.25, 0.3) is 0 Å². The Balaban J connectivity index is 2.10. The molecule has 15 heavy (non-hydrogen) atoms. The van der Waals surface area contributed by atoms with E-state index in [0.717, 1.165) is 0 Å². The molecule has 2 rings (SSSR count). The van der Waals surface area contributed by atoms with Crippen molar-refractivity contribution in [2.45, 2.75) is 6.55 Å². The lowest BCUT2D eigenvalue weighted by Gasteiger charge is -2.31. The molecule has 0 bridgehead atoms. The molecule has 0 unspecified atom stereocenters. The SMILES string of the molecule is C[Si]1N[Si]N[Si]N[Si]N1c1ccccc1. The Morgan fingerprint density at radius 3 is 2.73 bits per heavy atom. The minimum Gasteiger partial charge on any atom is -0.401 e. The molecule has 0 atom stereocenters. The second-order valence-corrected chi connectivity index (χ2v) is 9.23. The summed E-state index contributed by atoms with van der Waals surface area (Å²) in [6, 6.07) is 10.6. The molecule has 7 radical (unpaired) electrons. The molecule has 4 nitrogen and oxygen atoms in total. The van der Waals surface area contributed by atoms with E-state index in [2.05, 4.69) is 55.1 Å². The summed E-state index contributed by atoms with van der Waals surface area (Å²) in [6.45, 7) is 2.29. The van der Waals surface area contributed by atoms with E-state index in [0.29, 0.717) is 29.5 Å². The summed E-state index contributed by atoms with van der Waals surface area (Å²) in [7, 11) is 1.31. The standard InChI is InChI=1S/C7H11N4Si4/c1-15-10-13-8-12-9-14-11(15)7-5-3-2-4-6-7/h2-6,8-10H,1H3. The summed E-state index contributed by atoms with van der Waals surface area (Å²) in [5, 5.41) is 0. The predicted octanol–water partition coefficient (Wildman–Crippen LogP) is -1.00. The molecule has 8 heteroatoms. The largest absolute Gasteiger partial charge is 0.401 e. The predicted molar refractivity (Wildman–Crippen MR) is 67.2 cm³/mol. The Bertz CT molecular complexity index is 298. The van der Waals surface area contributed by atoms with Crippen molar-refractivity contribution < 1.29 is 0 Å². The first kappa shape index (κ1) is 11.3. The number of nitrogens with zero attached hydrogens (tertiary/aromatic N) is 1. The van der Waals surface area contributed by atoms with Crippen LogP contribution in [-0.2, 0) is 0 Å². The van der Waals surface area contributed by atoms with Crippen molar-refractivity contribution in [1.29, 1.82) is 0 Å². The number of nitrogens with one attached hydrogen (secondary N) is 3. The van der Waals surface area contributed by atoms with Gasteiger partial charge in [-0.3, -0.25) is 0 Å². The lowest BCUT2D eigenvalue weighted by atomic mass is 10.3. The van der Waals surface area contributed by atoms with E-state index in [9.17, 15) is 0 Å². The summed E-state index contributed by atoms with van der Waals surface area (Å²) in [4.78, 5) is 0. The molecule has 1 saturated heterocycles. The highest BCUT2D eigenvalue weighted by molar-refractivity contribution is 6.80. The van der Waals surface area contributed by atoms with Gasteiger partial charge in [0, 0.05) is 5.69 Å². The Morgan fingerprint density at radius 1 is 1.13 bits per heavy atom. The molecule has 1 heterocycles. The van der Waals surface area contributed by atoms with Crippen LogP contribution in [0.2, 0.25) is 6.55 Å². The van der Waals surface area contributed by atoms with Gasteiger partial charge in [0.05, 0.1) is 0 Å². The van der Waals surface area contributed by atoms with Crippen LogP contribution >= 0.6 is 0 Å². The minimum absolute atomic E-state index is 0.648. The molecular formula is C7H11N4Si4. The molecular weight excluding hydrogens is 252 g/mol. The van der Waals surface area contributed by atoms with E-state index in [1.807, 2.05) is 0 Å². The van der Waals surface area contributed by atoms with Gasteiger partial charge in [0.15, 0.2) is 0 Å². The average Bonchev–Trinajstić information content (AvgIpc) is 2.25. The first-order valence-corrected chi connectivity index (χ1v) is 9.48. The van der Waals surface area contributed by atoms with E-state index in [4.69, 9.17) is 0 Å². The zero-order valence-corrected chi connectivity index (χ0v) is 12.3. The molecule has 1 aromatic rings. The van der Waals surface area contributed by atoms with Crippen molar-refractivity contribution >= 4 is 44.3 Å². The number of hydrogen-bond acceptors (Lipinski definition) is 4. The van der Waals surface area contributed by atoms with Crippen LogP contribution in [0.5, 0.6) is 0 Å². The Hall–Kier alpha value is -0.232. The quantitative estimate of drug-likeness (QED) is 0.568. The zero-order chi connectivity index (χ0) is 10.5. The summed E-state index contributed by atoms with van der Waals surface area (Å²) in [5.41, 5.74) is 1.31. The van der Waals surface area contributed by atoms with E-state index in [-0.39, 0.29) is 0 Å². The van der Waals surface area contributed by atoms with Crippen LogP contribution in [-0.4, -0.2) is 38.6 Å². The van der Waals surface area contributed by atoms with Crippen LogP contribution in [0, 0.1) is 0 Å². The fourth-order valence-electron chi connectivity index (χ4n) is 1.24. The van der Waals surface area contributed by atoms with Gasteiger partial charge in [-0.05, 0) is 18.7 Å². The van der Waals surface area contributed by atoms with Crippen molar-refractivity contribution in [3.8, 4) is 0 Å². The van der Waals surface area contributed by atoms with Gasteiger partial charge < -0.3 is 18.2 Å². The van der Waals surface area contributed by atoms with Crippen molar-refractivity contribution in [1.82, 2.24) is 13.9 Å². The van der Waals surface area contributed by atoms with Crippen molar-refractivity contribution in [3.63, 3.8) is 0 Å². The molecule has 1 aliphatic heterocycles. The number of anilines is 1. The van der Waals surface area contributed by atoms with E-state index in [1.54, 1.807) is 0 Å². The van der Waals surface area contributed by atoms with Gasteiger partial charge in [0.25, 0.3) is 9.84 Å². The highest BCUT2D eigenvalue weighted by atomic mass is 28.4. The topological polar surface area (TPSA) is 39.3 Å². The Kier molecular flexibility index (Phi) is 4.31. The summed E-state index contributed by atoms with van der Waals surface area (Å²) in [5.74, 6) is 0. The molecule has 1 fully saturated rings. The molecule has 1 aromatic carbocycles. The van der Waals surface area contributed by atoms with Crippen LogP contribution in [0.15, 0.2) is 30.3 Å². The summed E-state index contributed by atoms with van der Waals surface area (Å²) in [6.07, 6.45) is 0. The van der Waals surface area contributed by atoms with E-state index >= 15 is 0 Å². The third-order valence-corrected chi connectivity index (χ3v) is 8.60. The molecule has 0 spiro atoms. The van der Waals surface area contributed by atoms with E-state index in [1.165, 1.54) is 5.69 Å². The summed E-state index contributed by atoms with van der Waals surface area (Å²) >= 11 is 0. The second kappa shape index (κ2) is 5.74. The molecule has 75 valence electrons. The fraction of sp³-hybridized carbons (Fsp3) is 0.143. The third-order valence-electron chi connectivity index (χ3n) is 1.95. The maximum atomic E-state index is 3.55. The van der Waals surface area contributed by atoms with E-state index < -0.39 is 9.12 Å². The van der Waals surface area contributed by atoms with Crippen LogP contribution in [0.1, 0.15) is 0 Å². The number of rotatable bonds is 1. The minimum atomic E-state index is -0.655. The van der Waals surface area contributed by atoms with Crippen LogP contribution in [0.3, 0.4) is 0 Å². The van der Waals surface area contributed by atoms with Crippen LogP contribution in [0.4, 0.5) is 5.69 Å². The average molecular weight is 264 g/mol. The molecule has 0 aromatic heterocycles. The second-order valence-electron chi connectivity index (χ2n) is 2.99. The van der Waals surface area contributed by atoms with Crippen molar-refractivity contribution in [3.05, 3.63) is 30.3 Å². The zero-order valence-electron chi connectivity index (χ0n) is 8.33. The van der Waals surface area contributed by atoms with Gasteiger partial charge in [-0.25, -0.2) is 0 Å². The highest BCUT2D eigenvalue weighted by Gasteiger charge is 2.19. The highest BCUT2D eigenvalue weighted by Crippen LogP contribution is 2.12. The van der Waals surface area contributed by atoms with Gasteiger partial charge in [-0.2, -0.15) is 0 Å². The number of hydrogen-bond donors (Lipinski definition) is 3. The summed E-state index contributed by atoms with van der Waals surface area (Å²) < 4.78 is 12.8. The molecule has 0 saturated carbocycles. The Labute approximate surface area is 99.5 Å². The first-order valence-electron chi connectivity index (χ1n) is 4.58. The third kappa shape index (κ3) is 3.11. The monoisotopic (exact) mass is 263 g/mol. The molecule has 0 aliphatic carbocycles. The van der Waals surface area contributed by atoms with Gasteiger partial charge in [-0.15, -0.1) is 0 Å². The van der Waals surface area contributed by atoms with Crippen LogP contribution < -0.4 is 18.2 Å². The lowest BCUT2D eigenvalue weighted by Crippen LogP contribution is -2.62. The number of para-hydroxylation sites is 1. The van der Waals surface area contributed by atoms with Crippen molar-refractivity contribution in [2.24, 2.45) is 0 Å². The maximum absolute atomic E-state index is 3.55. The number of benzene rings is 1. The molecule has 1 aliphatic rings.